The summed E-state index contributed by atoms with van der Waals surface area (Å²) in [5.74, 6) is 0.220. The minimum absolute atomic E-state index is 0.151. The molecule has 0 N–H and O–H groups in total. The van der Waals surface area contributed by atoms with Gasteiger partial charge in [0.25, 0.3) is 0 Å². The van der Waals surface area contributed by atoms with Crippen molar-refractivity contribution in [2.75, 3.05) is 0 Å². The van der Waals surface area contributed by atoms with Crippen molar-refractivity contribution in [2.24, 2.45) is 0 Å². The lowest BCUT2D eigenvalue weighted by Gasteiger charge is -2.13. The van der Waals surface area contributed by atoms with E-state index in [0.717, 1.165) is 10.9 Å². The molecule has 1 aromatic carbocycles. The third kappa shape index (κ3) is 1.74. The molecule has 0 aliphatic carbocycles. The number of benzene rings is 1. The lowest BCUT2D eigenvalue weighted by molar-refractivity contribution is -0.121. The lowest BCUT2D eigenvalue weighted by Crippen LogP contribution is -2.14. The molecule has 3 heteroatoms. The third-order valence-corrected chi connectivity index (χ3v) is 3.23. The molecule has 0 saturated heterocycles. The number of hydrogen-bond donors (Lipinski definition) is 0. The molecular weight excluding hydrogens is 222 g/mol. The van der Waals surface area contributed by atoms with Gasteiger partial charge in [-0.2, -0.15) is 0 Å². The highest BCUT2D eigenvalue weighted by Crippen LogP contribution is 2.27. The molecule has 0 bridgehead atoms. The van der Waals surface area contributed by atoms with E-state index in [2.05, 4.69) is 0 Å². The zero-order valence-electron chi connectivity index (χ0n) is 9.40. The number of halogens is 1. The van der Waals surface area contributed by atoms with E-state index in [0.29, 0.717) is 11.4 Å². The highest BCUT2D eigenvalue weighted by atomic mass is 35.5. The molecule has 0 radical (unpaired) electrons. The molecule has 1 unspecified atom stereocenters. The van der Waals surface area contributed by atoms with Crippen LogP contribution in [0.2, 0.25) is 5.02 Å². The molecule has 84 valence electrons. The Morgan fingerprint density at radius 3 is 2.88 bits per heavy atom. The Labute approximate surface area is 99.8 Å². The summed E-state index contributed by atoms with van der Waals surface area (Å²) in [6.45, 7) is 3.79. The quantitative estimate of drug-likeness (QED) is 0.793. The second-order valence-corrected chi connectivity index (χ2v) is 4.30. The molecule has 2 nitrogen and oxygen atoms in total. The van der Waals surface area contributed by atoms with Crippen LogP contribution in [0.4, 0.5) is 0 Å². The molecule has 2 aromatic rings. The maximum atomic E-state index is 11.7. The molecule has 0 aliphatic heterocycles. The Hall–Kier alpha value is -1.28. The minimum Gasteiger partial charge on any atom is -0.336 e. The largest absolute Gasteiger partial charge is 0.336 e. The van der Waals surface area contributed by atoms with Crippen molar-refractivity contribution in [3.8, 4) is 0 Å². The average Bonchev–Trinajstić information content (AvgIpc) is 2.72. The van der Waals surface area contributed by atoms with Gasteiger partial charge in [-0.15, -0.1) is 0 Å². The van der Waals surface area contributed by atoms with Crippen LogP contribution in [-0.2, 0) is 4.79 Å². The summed E-state index contributed by atoms with van der Waals surface area (Å²) in [4.78, 5) is 11.7. The van der Waals surface area contributed by atoms with Gasteiger partial charge in [0.05, 0.1) is 16.6 Å². The molecule has 1 aromatic heterocycles. The lowest BCUT2D eigenvalue weighted by atomic mass is 10.1. The van der Waals surface area contributed by atoms with Crippen LogP contribution in [-0.4, -0.2) is 10.4 Å². The first-order valence-electron chi connectivity index (χ1n) is 5.43. The Morgan fingerprint density at radius 2 is 2.19 bits per heavy atom. The van der Waals surface area contributed by atoms with E-state index in [1.807, 2.05) is 48.9 Å². The average molecular weight is 236 g/mol. The highest BCUT2D eigenvalue weighted by molar-refractivity contribution is 6.35. The van der Waals surface area contributed by atoms with E-state index in [-0.39, 0.29) is 11.8 Å². The first kappa shape index (κ1) is 11.2. The van der Waals surface area contributed by atoms with Crippen molar-refractivity contribution in [2.45, 2.75) is 26.3 Å². The van der Waals surface area contributed by atoms with E-state index >= 15 is 0 Å². The van der Waals surface area contributed by atoms with Crippen molar-refractivity contribution in [3.63, 3.8) is 0 Å². The number of Topliss-reactive ketones (excluding diaryl/α,β-unsaturated/α-hetero) is 1. The van der Waals surface area contributed by atoms with E-state index in [1.54, 1.807) is 0 Å². The molecule has 0 aliphatic rings. The predicted molar refractivity (Wildman–Crippen MR) is 67.0 cm³/mol. The van der Waals surface area contributed by atoms with E-state index < -0.39 is 0 Å². The molecule has 16 heavy (non-hydrogen) atoms. The Balaban J connectivity index is 2.57. The number of ketones is 1. The van der Waals surface area contributed by atoms with Gasteiger partial charge in [-0.1, -0.05) is 30.7 Å². The predicted octanol–water partition coefficient (Wildman–Crippen LogP) is 3.83. The Bertz CT molecular complexity index is 530. The summed E-state index contributed by atoms with van der Waals surface area (Å²) < 4.78 is 1.95. The number of fused-ring (bicyclic) bond motifs is 1. The number of rotatable bonds is 3. The normalized spacial score (nSPS) is 12.9. The van der Waals surface area contributed by atoms with Crippen molar-refractivity contribution >= 4 is 28.3 Å². The zero-order valence-corrected chi connectivity index (χ0v) is 10.2. The fraction of sp³-hybridized carbons (Fsp3) is 0.308. The topological polar surface area (TPSA) is 22.0 Å². The summed E-state index contributed by atoms with van der Waals surface area (Å²) in [6.07, 6.45) is 2.47. The van der Waals surface area contributed by atoms with Crippen LogP contribution in [0.3, 0.4) is 0 Å². The summed E-state index contributed by atoms with van der Waals surface area (Å²) >= 11 is 6.16. The number of carbonyl (C=O) groups excluding carboxylic acids is 1. The number of aromatic nitrogens is 1. The first-order chi connectivity index (χ1) is 7.65. The summed E-state index contributed by atoms with van der Waals surface area (Å²) in [7, 11) is 0. The van der Waals surface area contributed by atoms with E-state index in [4.69, 9.17) is 11.6 Å². The molecule has 0 fully saturated rings. The molecular formula is C13H14ClNO. The van der Waals surface area contributed by atoms with Gasteiger partial charge in [0.15, 0.2) is 5.78 Å². The van der Waals surface area contributed by atoms with Crippen LogP contribution >= 0.6 is 11.6 Å². The molecule has 2 rings (SSSR count). The molecule has 1 heterocycles. The van der Waals surface area contributed by atoms with Crippen LogP contribution in [0.25, 0.3) is 10.9 Å². The number of hydrogen-bond acceptors (Lipinski definition) is 1. The zero-order chi connectivity index (χ0) is 11.7. The molecule has 0 amide bonds. The van der Waals surface area contributed by atoms with Gasteiger partial charge < -0.3 is 4.57 Å². The number of para-hydroxylation sites is 1. The van der Waals surface area contributed by atoms with Crippen LogP contribution in [0.1, 0.15) is 26.3 Å². The monoisotopic (exact) mass is 235 g/mol. The van der Waals surface area contributed by atoms with Gasteiger partial charge in [0, 0.05) is 18.0 Å². The van der Waals surface area contributed by atoms with Crippen molar-refractivity contribution in [1.29, 1.82) is 0 Å². The summed E-state index contributed by atoms with van der Waals surface area (Å²) in [6, 6.07) is 7.61. The van der Waals surface area contributed by atoms with Gasteiger partial charge in [-0.3, -0.25) is 4.79 Å². The Kier molecular flexibility index (Phi) is 3.01. The summed E-state index contributed by atoms with van der Waals surface area (Å²) in [5, 5.41) is 1.77. The van der Waals surface area contributed by atoms with Crippen LogP contribution in [0.5, 0.6) is 0 Å². The van der Waals surface area contributed by atoms with Gasteiger partial charge >= 0.3 is 0 Å². The SMILES string of the molecule is CCC(=O)C(C)n1ccc2cccc(Cl)c21. The van der Waals surface area contributed by atoms with Gasteiger partial charge in [0.1, 0.15) is 0 Å². The maximum absolute atomic E-state index is 11.7. The minimum atomic E-state index is -0.151. The first-order valence-corrected chi connectivity index (χ1v) is 5.80. The third-order valence-electron chi connectivity index (χ3n) is 2.92. The van der Waals surface area contributed by atoms with E-state index in [9.17, 15) is 4.79 Å². The Morgan fingerprint density at radius 1 is 1.44 bits per heavy atom. The molecule has 1 atom stereocenters. The number of carbonyl (C=O) groups is 1. The van der Waals surface area contributed by atoms with Crippen LogP contribution in [0, 0.1) is 0 Å². The summed E-state index contributed by atoms with van der Waals surface area (Å²) in [5.41, 5.74) is 0.943. The van der Waals surface area contributed by atoms with Crippen molar-refractivity contribution in [1.82, 2.24) is 4.57 Å². The molecule has 0 saturated carbocycles. The van der Waals surface area contributed by atoms with E-state index in [1.165, 1.54) is 0 Å². The second-order valence-electron chi connectivity index (χ2n) is 3.90. The second kappa shape index (κ2) is 4.30. The number of nitrogens with zero attached hydrogens (tertiary/aromatic N) is 1. The van der Waals surface area contributed by atoms with Crippen LogP contribution in [0.15, 0.2) is 30.5 Å². The maximum Gasteiger partial charge on any atom is 0.155 e. The smallest absolute Gasteiger partial charge is 0.155 e. The van der Waals surface area contributed by atoms with Crippen molar-refractivity contribution in [3.05, 3.63) is 35.5 Å². The standard InChI is InChI=1S/C13H14ClNO/c1-3-12(16)9(2)15-8-7-10-5-4-6-11(14)13(10)15/h4-9H,3H2,1-2H3. The highest BCUT2D eigenvalue weighted by Gasteiger charge is 2.15. The van der Waals surface area contributed by atoms with Crippen molar-refractivity contribution < 1.29 is 4.79 Å². The van der Waals surface area contributed by atoms with Crippen LogP contribution < -0.4 is 0 Å². The van der Waals surface area contributed by atoms with Gasteiger partial charge in [0.2, 0.25) is 0 Å². The fourth-order valence-electron chi connectivity index (χ4n) is 1.95. The van der Waals surface area contributed by atoms with Gasteiger partial charge in [-0.05, 0) is 19.1 Å². The fourth-order valence-corrected chi connectivity index (χ4v) is 2.23. The van der Waals surface area contributed by atoms with Gasteiger partial charge in [-0.25, -0.2) is 0 Å². The molecule has 0 spiro atoms.